The van der Waals surface area contributed by atoms with Gasteiger partial charge in [0, 0.05) is 52.0 Å². The van der Waals surface area contributed by atoms with Crippen molar-refractivity contribution in [1.82, 2.24) is 15.1 Å². The molecule has 0 radical (unpaired) electrons. The monoisotopic (exact) mass is 410 g/mol. The van der Waals surface area contributed by atoms with Crippen LogP contribution in [0.5, 0.6) is 0 Å². The highest BCUT2D eigenvalue weighted by Crippen LogP contribution is 2.32. The van der Waals surface area contributed by atoms with Crippen molar-refractivity contribution in [2.45, 2.75) is 44.7 Å². The van der Waals surface area contributed by atoms with Gasteiger partial charge in [-0.1, -0.05) is 0 Å². The zero-order chi connectivity index (χ0) is 17.2. The van der Waals surface area contributed by atoms with Gasteiger partial charge in [0.25, 0.3) is 0 Å². The van der Waals surface area contributed by atoms with E-state index < -0.39 is 5.41 Å². The lowest BCUT2D eigenvalue weighted by Gasteiger charge is -2.43. The lowest BCUT2D eigenvalue weighted by molar-refractivity contribution is -0.149. The molecule has 1 aliphatic carbocycles. The highest BCUT2D eigenvalue weighted by Gasteiger charge is 2.42. The molecular weight excluding hydrogens is 379 g/mol. The Hall–Kier alpha value is -0.600. The Bertz CT molecular complexity index is 477. The van der Waals surface area contributed by atoms with Crippen LogP contribution in [0.25, 0.3) is 0 Å². The summed E-state index contributed by atoms with van der Waals surface area (Å²) in [7, 11) is 0. The second-order valence-electron chi connectivity index (χ2n) is 7.38. The molecule has 1 atom stereocenters. The number of carbonyl (C=O) groups is 2. The number of nitrogens with zero attached hydrogens (tertiary/aromatic N) is 2. The number of amides is 2. The molecule has 0 spiro atoms. The van der Waals surface area contributed by atoms with E-state index >= 15 is 0 Å². The van der Waals surface area contributed by atoms with E-state index in [-0.39, 0.29) is 42.7 Å². The third-order valence-electron chi connectivity index (χ3n) is 5.75. The van der Waals surface area contributed by atoms with Crippen LogP contribution < -0.4 is 11.1 Å². The van der Waals surface area contributed by atoms with Crippen LogP contribution in [-0.2, 0) is 14.3 Å². The molecule has 3 N–H and O–H groups in total. The van der Waals surface area contributed by atoms with Crippen LogP contribution >= 0.6 is 24.8 Å². The summed E-state index contributed by atoms with van der Waals surface area (Å²) in [6.07, 6.45) is 3.63. The Labute approximate surface area is 168 Å². The molecule has 2 saturated heterocycles. The summed E-state index contributed by atoms with van der Waals surface area (Å²) >= 11 is 0. The minimum absolute atomic E-state index is 0. The van der Waals surface area contributed by atoms with Crippen LogP contribution in [0.4, 0.5) is 0 Å². The van der Waals surface area contributed by atoms with E-state index in [0.29, 0.717) is 51.7 Å². The third kappa shape index (κ3) is 5.23. The van der Waals surface area contributed by atoms with Crippen LogP contribution in [0, 0.1) is 5.41 Å². The molecule has 9 heteroatoms. The normalized spacial score (nSPS) is 24.0. The molecule has 0 aromatic heterocycles. The number of halogens is 2. The maximum absolute atomic E-state index is 13.0. The summed E-state index contributed by atoms with van der Waals surface area (Å²) in [6, 6.07) is 0.259. The predicted molar refractivity (Wildman–Crippen MR) is 105 cm³/mol. The van der Waals surface area contributed by atoms with Gasteiger partial charge < -0.3 is 20.7 Å². The average molecular weight is 411 g/mol. The summed E-state index contributed by atoms with van der Waals surface area (Å²) in [5.74, 6) is 0.281. The van der Waals surface area contributed by atoms with Gasteiger partial charge in [0.2, 0.25) is 11.8 Å². The zero-order valence-corrected chi connectivity index (χ0v) is 17.1. The van der Waals surface area contributed by atoms with E-state index in [1.807, 2.05) is 11.8 Å². The summed E-state index contributed by atoms with van der Waals surface area (Å²) in [6.45, 7) is 6.38. The summed E-state index contributed by atoms with van der Waals surface area (Å²) in [5.41, 5.74) is 5.50. The van der Waals surface area contributed by atoms with Gasteiger partial charge in [-0.3, -0.25) is 14.5 Å². The molecule has 1 saturated carbocycles. The van der Waals surface area contributed by atoms with Crippen molar-refractivity contribution in [2.24, 2.45) is 11.1 Å². The summed E-state index contributed by atoms with van der Waals surface area (Å²) in [4.78, 5) is 29.2. The van der Waals surface area contributed by atoms with E-state index in [2.05, 4.69) is 10.2 Å². The summed E-state index contributed by atoms with van der Waals surface area (Å²) in [5, 5.41) is 3.06. The number of piperazine rings is 1. The largest absolute Gasteiger partial charge is 0.381 e. The predicted octanol–water partition coefficient (Wildman–Crippen LogP) is 0.397. The van der Waals surface area contributed by atoms with E-state index in [1.54, 1.807) is 0 Å². The smallest absolute Gasteiger partial charge is 0.237 e. The molecule has 7 nitrogen and oxygen atoms in total. The fraction of sp³-hybridized carbons (Fsp3) is 0.882. The maximum atomic E-state index is 13.0. The van der Waals surface area contributed by atoms with Gasteiger partial charge in [0.15, 0.2) is 0 Å². The van der Waals surface area contributed by atoms with Crippen molar-refractivity contribution < 1.29 is 14.3 Å². The Morgan fingerprint density at radius 2 is 1.73 bits per heavy atom. The Balaban J connectivity index is 0.00000169. The molecule has 0 aromatic rings. The van der Waals surface area contributed by atoms with E-state index in [1.165, 1.54) is 0 Å². The van der Waals surface area contributed by atoms with Gasteiger partial charge in [0.1, 0.15) is 0 Å². The lowest BCUT2D eigenvalue weighted by Crippen LogP contribution is -2.59. The van der Waals surface area contributed by atoms with Gasteiger partial charge in [-0.2, -0.15) is 0 Å². The van der Waals surface area contributed by atoms with Crippen molar-refractivity contribution in [1.29, 1.82) is 0 Å². The van der Waals surface area contributed by atoms with Crippen LogP contribution in [-0.4, -0.2) is 79.6 Å². The number of hydrogen-bond acceptors (Lipinski definition) is 5. The number of carbonyl (C=O) groups excluding carboxylic acids is 2. The minimum atomic E-state index is -0.449. The first kappa shape index (κ1) is 23.4. The molecule has 3 fully saturated rings. The first-order chi connectivity index (χ1) is 11.6. The van der Waals surface area contributed by atoms with Crippen LogP contribution in [0.3, 0.4) is 0 Å². The van der Waals surface area contributed by atoms with Crippen molar-refractivity contribution in [2.75, 3.05) is 45.9 Å². The molecule has 26 heavy (non-hydrogen) atoms. The van der Waals surface area contributed by atoms with Crippen molar-refractivity contribution in [3.8, 4) is 0 Å². The molecule has 0 bridgehead atoms. The number of rotatable bonds is 5. The SMILES string of the molecule is CC(C(=O)NC1CC1)N1CCN(C(=O)C2(CN)CCOCC2)CC1.Cl.Cl. The van der Waals surface area contributed by atoms with E-state index in [9.17, 15) is 9.59 Å². The Kier molecular flexibility index (Phi) is 9.09. The molecule has 1 unspecified atom stereocenters. The van der Waals surface area contributed by atoms with Gasteiger partial charge >= 0.3 is 0 Å². The van der Waals surface area contributed by atoms with E-state index in [0.717, 1.165) is 25.9 Å². The number of nitrogens with two attached hydrogens (primary N) is 1. The maximum Gasteiger partial charge on any atom is 0.237 e. The van der Waals surface area contributed by atoms with Crippen molar-refractivity contribution in [3.63, 3.8) is 0 Å². The molecule has 2 amide bonds. The van der Waals surface area contributed by atoms with Crippen LogP contribution in [0.15, 0.2) is 0 Å². The number of hydrogen-bond donors (Lipinski definition) is 2. The first-order valence-electron chi connectivity index (χ1n) is 9.17. The highest BCUT2D eigenvalue weighted by atomic mass is 35.5. The highest BCUT2D eigenvalue weighted by molar-refractivity contribution is 5.86. The average Bonchev–Trinajstić information content (AvgIpc) is 3.45. The first-order valence-corrected chi connectivity index (χ1v) is 9.17. The molecule has 2 heterocycles. The number of nitrogens with one attached hydrogen (secondary N) is 1. The fourth-order valence-corrected chi connectivity index (χ4v) is 3.63. The van der Waals surface area contributed by atoms with Gasteiger partial charge in [0.05, 0.1) is 11.5 Å². The third-order valence-corrected chi connectivity index (χ3v) is 5.75. The Morgan fingerprint density at radius 3 is 2.23 bits per heavy atom. The van der Waals surface area contributed by atoms with Crippen LogP contribution in [0.2, 0.25) is 0 Å². The summed E-state index contributed by atoms with van der Waals surface area (Å²) < 4.78 is 5.40. The Morgan fingerprint density at radius 1 is 1.15 bits per heavy atom. The topological polar surface area (TPSA) is 87.9 Å². The second-order valence-corrected chi connectivity index (χ2v) is 7.38. The number of ether oxygens (including phenoxy) is 1. The molecule has 2 aliphatic heterocycles. The molecular formula is C17H32Cl2N4O3. The fourth-order valence-electron chi connectivity index (χ4n) is 3.63. The second kappa shape index (κ2) is 10.1. The quantitative estimate of drug-likeness (QED) is 0.684. The van der Waals surface area contributed by atoms with Crippen molar-refractivity contribution in [3.05, 3.63) is 0 Å². The minimum Gasteiger partial charge on any atom is -0.381 e. The zero-order valence-electron chi connectivity index (χ0n) is 15.4. The van der Waals surface area contributed by atoms with Gasteiger partial charge in [-0.25, -0.2) is 0 Å². The lowest BCUT2D eigenvalue weighted by atomic mass is 9.78. The van der Waals surface area contributed by atoms with Crippen molar-refractivity contribution >= 4 is 36.6 Å². The van der Waals surface area contributed by atoms with Gasteiger partial charge in [-0.15, -0.1) is 24.8 Å². The molecule has 152 valence electrons. The molecule has 3 aliphatic rings. The molecule has 3 rings (SSSR count). The van der Waals surface area contributed by atoms with Crippen LogP contribution in [0.1, 0.15) is 32.6 Å². The molecule has 0 aromatic carbocycles. The van der Waals surface area contributed by atoms with Gasteiger partial charge in [-0.05, 0) is 32.6 Å². The van der Waals surface area contributed by atoms with E-state index in [4.69, 9.17) is 10.5 Å². The standard InChI is InChI=1S/C17H30N4O3.2ClH/c1-13(15(22)19-14-2-3-14)20-6-8-21(9-7-20)16(23)17(12-18)4-10-24-11-5-17;;/h13-14H,2-12,18H2,1H3,(H,19,22);2*1H.